The average molecular weight is 469 g/mol. The molecule has 0 aliphatic carbocycles. The number of rotatable bonds is 5. The van der Waals surface area contributed by atoms with Crippen molar-refractivity contribution in [3.8, 4) is 11.5 Å². The molecule has 0 saturated heterocycles. The molecule has 0 amide bonds. The molecule has 9 nitrogen and oxygen atoms in total. The van der Waals surface area contributed by atoms with Crippen LogP contribution in [0, 0.1) is 0 Å². The Morgan fingerprint density at radius 2 is 1.79 bits per heavy atom. The Hall–Kier alpha value is -3.79. The van der Waals surface area contributed by atoms with Crippen molar-refractivity contribution in [3.05, 3.63) is 60.8 Å². The van der Waals surface area contributed by atoms with Crippen LogP contribution in [0.4, 0.5) is 22.2 Å². The summed E-state index contributed by atoms with van der Waals surface area (Å²) in [6.45, 7) is 5.42. The number of aromatic nitrogens is 2. The minimum atomic E-state index is -3.40. The van der Waals surface area contributed by atoms with E-state index in [1.54, 1.807) is 45.0 Å². The molecule has 0 atom stereocenters. The largest absolute Gasteiger partial charge is 0.443 e. The maximum atomic E-state index is 13.0. The fourth-order valence-electron chi connectivity index (χ4n) is 3.29. The van der Waals surface area contributed by atoms with Crippen molar-refractivity contribution in [3.63, 3.8) is 0 Å². The first-order valence-electron chi connectivity index (χ1n) is 10.1. The van der Waals surface area contributed by atoms with Gasteiger partial charge in [-0.1, -0.05) is 24.3 Å². The summed E-state index contributed by atoms with van der Waals surface area (Å²) in [6, 6.07) is 16.2. The molecule has 172 valence electrons. The SMILES string of the molecule is CC(C)(C)OC(=O)n1c(-c2cnc(Nc3cccc(NS(C)(=O)=O)c3)o2)cc2ccccc21. The second kappa shape index (κ2) is 8.28. The van der Waals surface area contributed by atoms with E-state index < -0.39 is 21.7 Å². The number of hydrogen-bond donors (Lipinski definition) is 2. The average Bonchev–Trinajstić information content (AvgIpc) is 3.29. The standard InChI is InChI=1S/C23H24N4O5S/c1-23(2,3)32-22(28)27-18-11-6-5-8-15(18)12-19(27)20-14-24-21(31-20)25-16-9-7-10-17(13-16)26-33(4,29)30/h5-14,26H,1-4H3,(H,24,25). The monoisotopic (exact) mass is 468 g/mol. The number of nitrogens with zero attached hydrogens (tertiary/aromatic N) is 2. The Bertz CT molecular complexity index is 1430. The Morgan fingerprint density at radius 3 is 2.52 bits per heavy atom. The molecule has 0 radical (unpaired) electrons. The lowest BCUT2D eigenvalue weighted by Crippen LogP contribution is -2.27. The van der Waals surface area contributed by atoms with Crippen molar-refractivity contribution in [1.82, 2.24) is 9.55 Å². The Balaban J connectivity index is 1.67. The maximum absolute atomic E-state index is 13.0. The molecule has 0 fully saturated rings. The Kier molecular flexibility index (Phi) is 5.62. The van der Waals surface area contributed by atoms with Crippen molar-refractivity contribution in [2.75, 3.05) is 16.3 Å². The van der Waals surface area contributed by atoms with Gasteiger partial charge in [0.15, 0.2) is 5.76 Å². The number of anilines is 3. The molecule has 0 aliphatic heterocycles. The van der Waals surface area contributed by atoms with Crippen LogP contribution >= 0.6 is 0 Å². The van der Waals surface area contributed by atoms with Crippen molar-refractivity contribution < 1.29 is 22.4 Å². The minimum absolute atomic E-state index is 0.183. The van der Waals surface area contributed by atoms with Crippen LogP contribution in [0.3, 0.4) is 0 Å². The summed E-state index contributed by atoms with van der Waals surface area (Å²) >= 11 is 0. The molecule has 2 N–H and O–H groups in total. The fourth-order valence-corrected chi connectivity index (χ4v) is 3.84. The fraction of sp³-hybridized carbons (Fsp3) is 0.217. The van der Waals surface area contributed by atoms with Gasteiger partial charge in [0.25, 0.3) is 6.01 Å². The van der Waals surface area contributed by atoms with Gasteiger partial charge in [0.05, 0.1) is 29.4 Å². The van der Waals surface area contributed by atoms with E-state index in [0.29, 0.717) is 28.3 Å². The summed E-state index contributed by atoms with van der Waals surface area (Å²) in [5, 5.41) is 3.85. The molecule has 4 aromatic rings. The molecule has 0 spiro atoms. The molecule has 2 heterocycles. The predicted octanol–water partition coefficient (Wildman–Crippen LogP) is 5.19. The third kappa shape index (κ3) is 5.35. The van der Waals surface area contributed by atoms with E-state index >= 15 is 0 Å². The highest BCUT2D eigenvalue weighted by Crippen LogP contribution is 2.31. The highest BCUT2D eigenvalue weighted by molar-refractivity contribution is 7.92. The second-order valence-corrected chi connectivity index (χ2v) is 10.3. The number of fused-ring (bicyclic) bond motifs is 1. The Morgan fingerprint density at radius 1 is 1.06 bits per heavy atom. The first kappa shape index (κ1) is 22.4. The van der Waals surface area contributed by atoms with E-state index in [4.69, 9.17) is 9.15 Å². The van der Waals surface area contributed by atoms with Gasteiger partial charge < -0.3 is 14.5 Å². The maximum Gasteiger partial charge on any atom is 0.419 e. The lowest BCUT2D eigenvalue weighted by molar-refractivity contribution is 0.0546. The summed E-state index contributed by atoms with van der Waals surface area (Å²) in [7, 11) is -3.40. The summed E-state index contributed by atoms with van der Waals surface area (Å²) < 4.78 is 38.3. The van der Waals surface area contributed by atoms with E-state index in [-0.39, 0.29) is 6.01 Å². The lowest BCUT2D eigenvalue weighted by atomic mass is 10.2. The molecule has 4 rings (SSSR count). The summed E-state index contributed by atoms with van der Waals surface area (Å²) in [6.07, 6.45) is 2.07. The lowest BCUT2D eigenvalue weighted by Gasteiger charge is -2.20. The van der Waals surface area contributed by atoms with E-state index in [1.807, 2.05) is 30.3 Å². The van der Waals surface area contributed by atoms with E-state index in [1.165, 1.54) is 10.8 Å². The molecule has 0 aliphatic rings. The molecular formula is C23H24N4O5S. The highest BCUT2D eigenvalue weighted by Gasteiger charge is 2.24. The van der Waals surface area contributed by atoms with Gasteiger partial charge in [-0.15, -0.1) is 0 Å². The minimum Gasteiger partial charge on any atom is -0.443 e. The molecular weight excluding hydrogens is 444 g/mol. The quantitative estimate of drug-likeness (QED) is 0.414. The summed E-state index contributed by atoms with van der Waals surface area (Å²) in [5.74, 6) is 0.366. The predicted molar refractivity (Wildman–Crippen MR) is 127 cm³/mol. The summed E-state index contributed by atoms with van der Waals surface area (Å²) in [4.78, 5) is 17.2. The van der Waals surface area contributed by atoms with Crippen LogP contribution in [0.1, 0.15) is 20.8 Å². The van der Waals surface area contributed by atoms with E-state index in [0.717, 1.165) is 11.6 Å². The van der Waals surface area contributed by atoms with Gasteiger partial charge in [-0.25, -0.2) is 22.8 Å². The second-order valence-electron chi connectivity index (χ2n) is 8.51. The van der Waals surface area contributed by atoms with Gasteiger partial charge >= 0.3 is 6.09 Å². The van der Waals surface area contributed by atoms with Crippen LogP contribution in [-0.4, -0.2) is 35.9 Å². The number of oxazole rings is 1. The molecule has 2 aromatic heterocycles. The van der Waals surface area contributed by atoms with Crippen molar-refractivity contribution in [2.45, 2.75) is 26.4 Å². The Labute approximate surface area is 191 Å². The van der Waals surface area contributed by atoms with Crippen molar-refractivity contribution in [2.24, 2.45) is 0 Å². The molecule has 33 heavy (non-hydrogen) atoms. The van der Waals surface area contributed by atoms with Crippen LogP contribution < -0.4 is 10.0 Å². The van der Waals surface area contributed by atoms with Crippen LogP contribution in [0.2, 0.25) is 0 Å². The number of nitrogens with one attached hydrogen (secondary N) is 2. The molecule has 0 unspecified atom stereocenters. The van der Waals surface area contributed by atoms with Crippen molar-refractivity contribution >= 4 is 44.4 Å². The molecule has 2 aromatic carbocycles. The zero-order valence-corrected chi connectivity index (χ0v) is 19.4. The molecule has 10 heteroatoms. The van der Waals surface area contributed by atoms with Gasteiger partial charge in [0.2, 0.25) is 10.0 Å². The number of benzene rings is 2. The highest BCUT2D eigenvalue weighted by atomic mass is 32.2. The number of carbonyl (C=O) groups is 1. The topological polar surface area (TPSA) is 115 Å². The summed E-state index contributed by atoms with van der Waals surface area (Å²) in [5.41, 5.74) is 1.49. The van der Waals surface area contributed by atoms with Gasteiger partial charge in [0.1, 0.15) is 5.60 Å². The van der Waals surface area contributed by atoms with Gasteiger partial charge in [-0.3, -0.25) is 4.72 Å². The van der Waals surface area contributed by atoms with Gasteiger partial charge in [-0.05, 0) is 51.1 Å². The number of sulfonamides is 1. The molecule has 0 saturated carbocycles. The van der Waals surface area contributed by atoms with Crippen LogP contribution in [0.25, 0.3) is 22.4 Å². The van der Waals surface area contributed by atoms with Crippen LogP contribution in [0.15, 0.2) is 65.2 Å². The van der Waals surface area contributed by atoms with E-state index in [2.05, 4.69) is 15.0 Å². The smallest absolute Gasteiger partial charge is 0.419 e. The zero-order valence-electron chi connectivity index (χ0n) is 18.6. The number of carbonyl (C=O) groups excluding carboxylic acids is 1. The van der Waals surface area contributed by atoms with Gasteiger partial charge in [0, 0.05) is 11.1 Å². The number of para-hydroxylation sites is 1. The van der Waals surface area contributed by atoms with Gasteiger partial charge in [-0.2, -0.15) is 0 Å². The molecule has 0 bridgehead atoms. The third-order valence-corrected chi connectivity index (χ3v) is 5.07. The van der Waals surface area contributed by atoms with Crippen LogP contribution in [-0.2, 0) is 14.8 Å². The first-order chi connectivity index (χ1) is 15.5. The normalized spacial score (nSPS) is 12.0. The van der Waals surface area contributed by atoms with E-state index in [9.17, 15) is 13.2 Å². The van der Waals surface area contributed by atoms with Crippen LogP contribution in [0.5, 0.6) is 0 Å². The number of hydrogen-bond acceptors (Lipinski definition) is 7. The third-order valence-electron chi connectivity index (χ3n) is 4.46. The first-order valence-corrected chi connectivity index (χ1v) is 12.0. The van der Waals surface area contributed by atoms with Crippen molar-refractivity contribution in [1.29, 1.82) is 0 Å². The number of ether oxygens (including phenoxy) is 1. The zero-order chi connectivity index (χ0) is 23.8.